The summed E-state index contributed by atoms with van der Waals surface area (Å²) in [5.41, 5.74) is 2.39. The maximum atomic E-state index is 12.9. The average molecular weight is 367 g/mol. The van der Waals surface area contributed by atoms with E-state index in [2.05, 4.69) is 15.4 Å². The summed E-state index contributed by atoms with van der Waals surface area (Å²) in [5, 5.41) is 18.3. The van der Waals surface area contributed by atoms with E-state index in [4.69, 9.17) is 0 Å². The van der Waals surface area contributed by atoms with Gasteiger partial charge in [-0.15, -0.1) is 0 Å². The first-order valence-electron chi connectivity index (χ1n) is 9.24. The van der Waals surface area contributed by atoms with E-state index < -0.39 is 0 Å². The van der Waals surface area contributed by atoms with E-state index in [0.29, 0.717) is 31.9 Å². The molecule has 0 aliphatic carbocycles. The lowest BCUT2D eigenvalue weighted by atomic mass is 9.95. The Morgan fingerprint density at radius 1 is 1.30 bits per heavy atom. The number of hydrogen-bond donors (Lipinski definition) is 3. The minimum atomic E-state index is -0.207. The molecule has 1 aromatic carbocycles. The number of nitrogens with one attached hydrogen (secondary N) is 2. The van der Waals surface area contributed by atoms with Gasteiger partial charge in [0.2, 0.25) is 0 Å². The maximum Gasteiger partial charge on any atom is 0.270 e. The third kappa shape index (κ3) is 3.55. The number of carbonyl (C=O) groups is 1. The zero-order valence-electron chi connectivity index (χ0n) is 15.7. The van der Waals surface area contributed by atoms with Crippen molar-refractivity contribution in [1.29, 1.82) is 0 Å². The van der Waals surface area contributed by atoms with E-state index in [1.165, 1.54) is 0 Å². The average Bonchev–Trinajstić information content (AvgIpc) is 3.28. The van der Waals surface area contributed by atoms with Gasteiger partial charge >= 0.3 is 0 Å². The van der Waals surface area contributed by atoms with E-state index in [1.807, 2.05) is 59.8 Å². The van der Waals surface area contributed by atoms with Gasteiger partial charge in [-0.2, -0.15) is 5.10 Å². The van der Waals surface area contributed by atoms with E-state index in [9.17, 15) is 9.90 Å². The second-order valence-electron chi connectivity index (χ2n) is 7.92. The summed E-state index contributed by atoms with van der Waals surface area (Å²) in [5.74, 6) is 0.793. The highest BCUT2D eigenvalue weighted by atomic mass is 16.3. The SMILES string of the molecule is CC(C)(CO)CNc1cc2n(n1)CCN(C(=O)c1cc3ccccc3[nH]1)C2. The Labute approximate surface area is 158 Å². The smallest absolute Gasteiger partial charge is 0.270 e. The highest BCUT2D eigenvalue weighted by Gasteiger charge is 2.25. The van der Waals surface area contributed by atoms with Crippen molar-refractivity contribution in [3.63, 3.8) is 0 Å². The second kappa shape index (κ2) is 6.74. The molecular formula is C20H25N5O2. The van der Waals surface area contributed by atoms with Gasteiger partial charge in [0.25, 0.3) is 5.91 Å². The number of nitrogens with zero attached hydrogens (tertiary/aromatic N) is 3. The lowest BCUT2D eigenvalue weighted by Crippen LogP contribution is -2.38. The number of aromatic amines is 1. The highest BCUT2D eigenvalue weighted by Crippen LogP contribution is 2.22. The van der Waals surface area contributed by atoms with Crippen LogP contribution in [0.25, 0.3) is 10.9 Å². The van der Waals surface area contributed by atoms with Gasteiger partial charge in [0.15, 0.2) is 0 Å². The third-order valence-corrected chi connectivity index (χ3v) is 5.02. The Kier molecular flexibility index (Phi) is 4.39. The highest BCUT2D eigenvalue weighted by molar-refractivity contribution is 5.98. The van der Waals surface area contributed by atoms with Gasteiger partial charge in [0.05, 0.1) is 18.8 Å². The van der Waals surface area contributed by atoms with E-state index in [-0.39, 0.29) is 17.9 Å². The van der Waals surface area contributed by atoms with Crippen molar-refractivity contribution in [2.45, 2.75) is 26.9 Å². The van der Waals surface area contributed by atoms with Crippen LogP contribution in [-0.2, 0) is 13.1 Å². The van der Waals surface area contributed by atoms with Crippen LogP contribution in [0.1, 0.15) is 30.0 Å². The quantitative estimate of drug-likeness (QED) is 0.647. The van der Waals surface area contributed by atoms with Crippen LogP contribution in [0.3, 0.4) is 0 Å². The largest absolute Gasteiger partial charge is 0.396 e. The number of aliphatic hydroxyl groups excluding tert-OH is 1. The first-order valence-corrected chi connectivity index (χ1v) is 9.24. The molecule has 7 nitrogen and oxygen atoms in total. The molecule has 1 amide bonds. The van der Waals surface area contributed by atoms with Crippen LogP contribution in [0.5, 0.6) is 0 Å². The fourth-order valence-corrected chi connectivity index (χ4v) is 3.27. The number of anilines is 1. The fraction of sp³-hybridized carbons (Fsp3) is 0.400. The molecule has 3 heterocycles. The number of amides is 1. The molecule has 3 N–H and O–H groups in total. The van der Waals surface area contributed by atoms with Crippen LogP contribution in [0.15, 0.2) is 36.4 Å². The predicted molar refractivity (Wildman–Crippen MR) is 105 cm³/mol. The van der Waals surface area contributed by atoms with Crippen molar-refractivity contribution in [1.82, 2.24) is 19.7 Å². The van der Waals surface area contributed by atoms with Crippen molar-refractivity contribution in [2.75, 3.05) is 25.0 Å². The minimum Gasteiger partial charge on any atom is -0.396 e. The number of rotatable bonds is 5. The van der Waals surface area contributed by atoms with Crippen molar-refractivity contribution in [3.05, 3.63) is 47.8 Å². The van der Waals surface area contributed by atoms with E-state index >= 15 is 0 Å². The van der Waals surface area contributed by atoms with Gasteiger partial charge in [0.1, 0.15) is 11.5 Å². The number of H-pyrrole nitrogens is 1. The summed E-state index contributed by atoms with van der Waals surface area (Å²) in [4.78, 5) is 18.0. The van der Waals surface area contributed by atoms with Gasteiger partial charge < -0.3 is 20.3 Å². The topological polar surface area (TPSA) is 86.2 Å². The molecule has 0 bridgehead atoms. The molecule has 27 heavy (non-hydrogen) atoms. The van der Waals surface area contributed by atoms with Crippen LogP contribution < -0.4 is 5.32 Å². The second-order valence-corrected chi connectivity index (χ2v) is 7.92. The Morgan fingerprint density at radius 2 is 2.11 bits per heavy atom. The summed E-state index contributed by atoms with van der Waals surface area (Å²) in [6, 6.07) is 11.8. The molecule has 0 fully saturated rings. The molecule has 0 unspecified atom stereocenters. The Bertz CT molecular complexity index is 939. The van der Waals surface area contributed by atoms with Gasteiger partial charge in [-0.3, -0.25) is 9.48 Å². The minimum absolute atomic E-state index is 0.00886. The van der Waals surface area contributed by atoms with Crippen LogP contribution in [0.4, 0.5) is 5.82 Å². The molecule has 0 atom stereocenters. The number of aliphatic hydroxyl groups is 1. The Hall–Kier alpha value is -2.80. The number of fused-ring (bicyclic) bond motifs is 2. The summed E-state index contributed by atoms with van der Waals surface area (Å²) >= 11 is 0. The molecule has 4 rings (SSSR count). The molecule has 2 aromatic heterocycles. The van der Waals surface area contributed by atoms with Gasteiger partial charge in [0, 0.05) is 42.1 Å². The van der Waals surface area contributed by atoms with Crippen molar-refractivity contribution >= 4 is 22.6 Å². The molecule has 142 valence electrons. The lowest BCUT2D eigenvalue weighted by Gasteiger charge is -2.27. The molecule has 0 saturated heterocycles. The van der Waals surface area contributed by atoms with Gasteiger partial charge in [-0.25, -0.2) is 0 Å². The normalized spacial score (nSPS) is 14.4. The standard InChI is InChI=1S/C20H25N5O2/c1-20(2,13-26)12-21-18-10-15-11-24(7-8-25(15)23-18)19(27)17-9-14-5-3-4-6-16(14)22-17/h3-6,9-10,22,26H,7-8,11-13H2,1-2H3,(H,21,23). The van der Waals surface area contributed by atoms with Crippen LogP contribution in [-0.4, -0.2) is 50.4 Å². The van der Waals surface area contributed by atoms with Crippen LogP contribution >= 0.6 is 0 Å². The fourth-order valence-electron chi connectivity index (χ4n) is 3.27. The van der Waals surface area contributed by atoms with Gasteiger partial charge in [-0.1, -0.05) is 32.0 Å². The number of carbonyl (C=O) groups excluding carboxylic acids is 1. The monoisotopic (exact) mass is 367 g/mol. The molecule has 1 aliphatic rings. The zero-order valence-corrected chi connectivity index (χ0v) is 15.7. The van der Waals surface area contributed by atoms with Gasteiger partial charge in [-0.05, 0) is 12.1 Å². The zero-order chi connectivity index (χ0) is 19.0. The number of para-hydroxylation sites is 1. The summed E-state index contributed by atoms with van der Waals surface area (Å²) in [6.07, 6.45) is 0. The summed E-state index contributed by atoms with van der Waals surface area (Å²) in [6.45, 7) is 6.58. The number of hydrogen-bond acceptors (Lipinski definition) is 4. The predicted octanol–water partition coefficient (Wildman–Crippen LogP) is 2.45. The summed E-state index contributed by atoms with van der Waals surface area (Å²) in [7, 11) is 0. The molecule has 0 spiro atoms. The first kappa shape index (κ1) is 17.6. The maximum absolute atomic E-state index is 12.9. The Morgan fingerprint density at radius 3 is 2.89 bits per heavy atom. The molecular weight excluding hydrogens is 342 g/mol. The van der Waals surface area contributed by atoms with Crippen molar-refractivity contribution < 1.29 is 9.90 Å². The molecule has 7 heteroatoms. The summed E-state index contributed by atoms with van der Waals surface area (Å²) < 4.78 is 1.95. The van der Waals surface area contributed by atoms with Crippen LogP contribution in [0.2, 0.25) is 0 Å². The first-order chi connectivity index (χ1) is 12.9. The van der Waals surface area contributed by atoms with E-state index in [0.717, 1.165) is 22.4 Å². The molecule has 3 aromatic rings. The van der Waals surface area contributed by atoms with Crippen molar-refractivity contribution in [3.8, 4) is 0 Å². The molecule has 0 saturated carbocycles. The van der Waals surface area contributed by atoms with Crippen molar-refractivity contribution in [2.24, 2.45) is 5.41 Å². The number of benzene rings is 1. The van der Waals surface area contributed by atoms with Crippen LogP contribution in [0, 0.1) is 5.41 Å². The van der Waals surface area contributed by atoms with E-state index in [1.54, 1.807) is 0 Å². The molecule has 1 aliphatic heterocycles. The Balaban J connectivity index is 1.47. The number of aromatic nitrogens is 3. The lowest BCUT2D eigenvalue weighted by molar-refractivity contribution is 0.0701. The molecule has 0 radical (unpaired) electrons. The third-order valence-electron chi connectivity index (χ3n) is 5.02.